The quantitative estimate of drug-likeness (QED) is 0.745. The molecule has 0 amide bonds. The van der Waals surface area contributed by atoms with E-state index in [1.54, 1.807) is 16.7 Å². The van der Waals surface area contributed by atoms with Gasteiger partial charge < -0.3 is 4.57 Å². The van der Waals surface area contributed by atoms with Crippen molar-refractivity contribution < 1.29 is 8.42 Å². The van der Waals surface area contributed by atoms with Gasteiger partial charge in [-0.2, -0.15) is 0 Å². The summed E-state index contributed by atoms with van der Waals surface area (Å²) in [4.78, 5) is 4.24. The lowest BCUT2D eigenvalue weighted by molar-refractivity contribution is 0.581. The number of fused-ring (bicyclic) bond motifs is 1. The van der Waals surface area contributed by atoms with Gasteiger partial charge >= 0.3 is 0 Å². The molecule has 3 aromatic rings. The van der Waals surface area contributed by atoms with E-state index in [-0.39, 0.29) is 5.16 Å². The lowest BCUT2D eigenvalue weighted by atomic mass is 10.2. The molecule has 6 heteroatoms. The van der Waals surface area contributed by atoms with E-state index >= 15 is 0 Å². The minimum absolute atomic E-state index is 0.0589. The highest BCUT2D eigenvalue weighted by molar-refractivity contribution is 7.90. The average molecular weight is 321 g/mol. The molecular weight excluding hydrogens is 308 g/mol. The maximum Gasteiger partial charge on any atom is 0.228 e. The van der Waals surface area contributed by atoms with E-state index in [2.05, 4.69) is 4.98 Å². The number of imidazole rings is 1. The standard InChI is InChI=1S/C15H13ClN2O2S/c1-21(19,20)15-17-13-8-4-5-9-14(13)18(15)10-11-6-2-3-7-12(11)16/h2-9H,10H2,1H3. The third-order valence-corrected chi connectivity index (χ3v) is 4.58. The average Bonchev–Trinajstić information content (AvgIpc) is 2.80. The van der Waals surface area contributed by atoms with Crippen LogP contribution in [0.4, 0.5) is 0 Å². The van der Waals surface area contributed by atoms with E-state index < -0.39 is 9.84 Å². The maximum absolute atomic E-state index is 12.0. The first-order valence-electron chi connectivity index (χ1n) is 6.35. The Kier molecular flexibility index (Phi) is 3.47. The minimum atomic E-state index is -3.42. The fraction of sp³-hybridized carbons (Fsp3) is 0.133. The number of hydrogen-bond acceptors (Lipinski definition) is 3. The lowest BCUT2D eigenvalue weighted by Crippen LogP contribution is -2.10. The molecule has 0 spiro atoms. The molecule has 0 saturated carbocycles. The predicted molar refractivity (Wildman–Crippen MR) is 83.4 cm³/mol. The molecule has 4 nitrogen and oxygen atoms in total. The van der Waals surface area contributed by atoms with E-state index in [0.717, 1.165) is 17.3 Å². The van der Waals surface area contributed by atoms with Gasteiger partial charge in [0.1, 0.15) is 0 Å². The van der Waals surface area contributed by atoms with Crippen LogP contribution in [0.1, 0.15) is 5.56 Å². The Labute approximate surface area is 127 Å². The molecule has 0 fully saturated rings. The second kappa shape index (κ2) is 5.16. The van der Waals surface area contributed by atoms with Crippen molar-refractivity contribution >= 4 is 32.5 Å². The van der Waals surface area contributed by atoms with Crippen LogP contribution in [0.25, 0.3) is 11.0 Å². The van der Waals surface area contributed by atoms with E-state index in [1.807, 2.05) is 36.4 Å². The summed E-state index contributed by atoms with van der Waals surface area (Å²) in [6.45, 7) is 0.364. The highest BCUT2D eigenvalue weighted by Gasteiger charge is 2.19. The highest BCUT2D eigenvalue weighted by atomic mass is 35.5. The second-order valence-corrected chi connectivity index (χ2v) is 7.15. The predicted octanol–water partition coefficient (Wildman–Crippen LogP) is 3.14. The van der Waals surface area contributed by atoms with E-state index in [1.165, 1.54) is 0 Å². The molecule has 0 aliphatic heterocycles. The molecular formula is C15H13ClN2O2S. The fourth-order valence-corrected chi connectivity index (χ4v) is 3.31. The van der Waals surface area contributed by atoms with Crippen LogP contribution in [-0.2, 0) is 16.4 Å². The molecule has 3 rings (SSSR count). The molecule has 2 aromatic carbocycles. The smallest absolute Gasteiger partial charge is 0.228 e. The van der Waals surface area contributed by atoms with Gasteiger partial charge in [-0.25, -0.2) is 13.4 Å². The molecule has 1 aromatic heterocycles. The summed E-state index contributed by atoms with van der Waals surface area (Å²) in [7, 11) is -3.42. The number of aromatic nitrogens is 2. The van der Waals surface area contributed by atoms with Crippen molar-refractivity contribution in [3.05, 3.63) is 59.1 Å². The molecule has 0 atom stereocenters. The maximum atomic E-state index is 12.0. The Morgan fingerprint density at radius 3 is 2.48 bits per heavy atom. The number of benzene rings is 2. The van der Waals surface area contributed by atoms with Gasteiger partial charge in [0.25, 0.3) is 0 Å². The summed E-state index contributed by atoms with van der Waals surface area (Å²) in [5.41, 5.74) is 2.29. The lowest BCUT2D eigenvalue weighted by Gasteiger charge is -2.09. The summed E-state index contributed by atoms with van der Waals surface area (Å²) in [5, 5.41) is 0.665. The zero-order valence-electron chi connectivity index (χ0n) is 11.3. The zero-order chi connectivity index (χ0) is 15.0. The molecule has 0 unspecified atom stereocenters. The molecule has 0 bridgehead atoms. The summed E-state index contributed by atoms with van der Waals surface area (Å²) < 4.78 is 25.7. The Bertz CT molecular complexity index is 916. The molecule has 0 N–H and O–H groups in total. The molecule has 0 aliphatic rings. The van der Waals surface area contributed by atoms with Gasteiger partial charge in [0.2, 0.25) is 15.0 Å². The summed E-state index contributed by atoms with van der Waals surface area (Å²) in [6.07, 6.45) is 1.16. The van der Waals surface area contributed by atoms with Crippen molar-refractivity contribution in [2.24, 2.45) is 0 Å². The normalized spacial score (nSPS) is 11.9. The third kappa shape index (κ3) is 2.66. The van der Waals surface area contributed by atoms with Gasteiger partial charge in [0.15, 0.2) is 0 Å². The number of nitrogens with zero attached hydrogens (tertiary/aromatic N) is 2. The third-order valence-electron chi connectivity index (χ3n) is 3.24. The Morgan fingerprint density at radius 2 is 1.76 bits per heavy atom. The van der Waals surface area contributed by atoms with Crippen molar-refractivity contribution in [2.75, 3.05) is 6.26 Å². The monoisotopic (exact) mass is 320 g/mol. The fourth-order valence-electron chi connectivity index (χ4n) is 2.29. The van der Waals surface area contributed by atoms with Gasteiger partial charge in [0, 0.05) is 11.3 Å². The van der Waals surface area contributed by atoms with Crippen LogP contribution in [0.2, 0.25) is 5.02 Å². The van der Waals surface area contributed by atoms with Crippen LogP contribution in [0.5, 0.6) is 0 Å². The number of halogens is 1. The van der Waals surface area contributed by atoms with Gasteiger partial charge in [-0.1, -0.05) is 41.9 Å². The van der Waals surface area contributed by atoms with Crippen molar-refractivity contribution in [3.63, 3.8) is 0 Å². The van der Waals surface area contributed by atoms with Gasteiger partial charge in [0.05, 0.1) is 17.6 Å². The van der Waals surface area contributed by atoms with Gasteiger partial charge in [-0.3, -0.25) is 0 Å². The van der Waals surface area contributed by atoms with Crippen molar-refractivity contribution in [1.29, 1.82) is 0 Å². The van der Waals surface area contributed by atoms with Gasteiger partial charge in [-0.15, -0.1) is 0 Å². The van der Waals surface area contributed by atoms with Crippen LogP contribution >= 0.6 is 11.6 Å². The minimum Gasteiger partial charge on any atom is -0.310 e. The van der Waals surface area contributed by atoms with Crippen LogP contribution in [-0.4, -0.2) is 24.2 Å². The van der Waals surface area contributed by atoms with Crippen molar-refractivity contribution in [2.45, 2.75) is 11.7 Å². The van der Waals surface area contributed by atoms with E-state index in [9.17, 15) is 8.42 Å². The topological polar surface area (TPSA) is 52.0 Å². The SMILES string of the molecule is CS(=O)(=O)c1nc2ccccc2n1Cc1ccccc1Cl. The van der Waals surface area contributed by atoms with Crippen molar-refractivity contribution in [3.8, 4) is 0 Å². The molecule has 0 aliphatic carbocycles. The van der Waals surface area contributed by atoms with Crippen LogP contribution in [0.3, 0.4) is 0 Å². The highest BCUT2D eigenvalue weighted by Crippen LogP contribution is 2.23. The van der Waals surface area contributed by atoms with Crippen LogP contribution < -0.4 is 0 Å². The number of rotatable bonds is 3. The first-order valence-corrected chi connectivity index (χ1v) is 8.62. The van der Waals surface area contributed by atoms with Crippen LogP contribution in [0, 0.1) is 0 Å². The van der Waals surface area contributed by atoms with Crippen molar-refractivity contribution in [1.82, 2.24) is 9.55 Å². The van der Waals surface area contributed by atoms with Gasteiger partial charge in [-0.05, 0) is 23.8 Å². The molecule has 0 radical (unpaired) electrons. The molecule has 21 heavy (non-hydrogen) atoms. The first kappa shape index (κ1) is 14.1. The zero-order valence-corrected chi connectivity index (χ0v) is 12.9. The number of hydrogen-bond donors (Lipinski definition) is 0. The Morgan fingerprint density at radius 1 is 1.10 bits per heavy atom. The Balaban J connectivity index is 2.23. The number of sulfone groups is 1. The largest absolute Gasteiger partial charge is 0.310 e. The van der Waals surface area contributed by atoms with E-state index in [0.29, 0.717) is 17.1 Å². The van der Waals surface area contributed by atoms with E-state index in [4.69, 9.17) is 11.6 Å². The Hall–Kier alpha value is -1.85. The summed E-state index contributed by atoms with van der Waals surface area (Å²) in [6, 6.07) is 14.7. The van der Waals surface area contributed by atoms with Crippen LogP contribution in [0.15, 0.2) is 53.7 Å². The first-order chi connectivity index (χ1) is 9.97. The summed E-state index contributed by atoms with van der Waals surface area (Å²) >= 11 is 6.18. The molecule has 108 valence electrons. The summed E-state index contributed by atoms with van der Waals surface area (Å²) in [5.74, 6) is 0. The second-order valence-electron chi connectivity index (χ2n) is 4.83. The molecule has 0 saturated heterocycles. The number of para-hydroxylation sites is 2. The molecule has 1 heterocycles.